The van der Waals surface area contributed by atoms with E-state index < -0.39 is 0 Å². The first kappa shape index (κ1) is 33.9. The molecule has 0 atom stereocenters. The van der Waals surface area contributed by atoms with Crippen LogP contribution in [0, 0.1) is 0 Å². The molecule has 1 aromatic heterocycles. The molecule has 0 bridgehead atoms. The lowest BCUT2D eigenvalue weighted by atomic mass is 10.0. The van der Waals surface area contributed by atoms with Gasteiger partial charge in [-0.05, 0) is 61.8 Å². The van der Waals surface area contributed by atoms with Crippen molar-refractivity contribution in [2.75, 3.05) is 18.0 Å². The summed E-state index contributed by atoms with van der Waals surface area (Å²) in [6.07, 6.45) is 13.9. The Morgan fingerprint density at radius 3 is 1.30 bits per heavy atom. The van der Waals surface area contributed by atoms with Crippen molar-refractivity contribution in [2.45, 2.75) is 118 Å². The van der Waals surface area contributed by atoms with Crippen LogP contribution in [-0.2, 0) is 12.8 Å². The molecule has 3 aromatic rings. The fourth-order valence-electron chi connectivity index (χ4n) is 5.24. The Labute approximate surface area is 257 Å². The molecule has 236 valence electrons. The molecule has 0 aliphatic heterocycles. The third kappa shape index (κ3) is 9.73. The minimum atomic E-state index is -0.113. The van der Waals surface area contributed by atoms with E-state index in [-0.39, 0.29) is 34.6 Å². The lowest BCUT2D eigenvalue weighted by Gasteiger charge is -2.23. The van der Waals surface area contributed by atoms with Crippen molar-refractivity contribution in [2.24, 2.45) is 0 Å². The average Bonchev–Trinajstić information content (AvgIpc) is 2.99. The molecule has 0 aliphatic rings. The predicted molar refractivity (Wildman–Crippen MR) is 175 cm³/mol. The summed E-state index contributed by atoms with van der Waals surface area (Å²) < 4.78 is 0. The van der Waals surface area contributed by atoms with E-state index in [1.807, 2.05) is 0 Å². The molecule has 2 aromatic carbocycles. The molecule has 1 heterocycles. The summed E-state index contributed by atoms with van der Waals surface area (Å²) in [7, 11) is 0. The predicted octanol–water partition coefficient (Wildman–Crippen LogP) is 8.68. The molecule has 3 rings (SSSR count). The molecule has 0 aliphatic carbocycles. The molecule has 0 saturated heterocycles. The first-order chi connectivity index (χ1) is 20.8. The second kappa shape index (κ2) is 17.5. The van der Waals surface area contributed by atoms with E-state index in [1.165, 1.54) is 12.1 Å². The Bertz CT molecular complexity index is 1200. The number of anilines is 1. The highest BCUT2D eigenvalue weighted by Gasteiger charge is 2.21. The van der Waals surface area contributed by atoms with Gasteiger partial charge in [0.05, 0.1) is 11.1 Å². The Morgan fingerprint density at radius 2 is 0.907 bits per heavy atom. The second-order valence-electron chi connectivity index (χ2n) is 11.6. The zero-order valence-electron chi connectivity index (χ0n) is 26.7. The topological polar surface area (TPSA) is 123 Å². The van der Waals surface area contributed by atoms with Crippen molar-refractivity contribution in [1.82, 2.24) is 15.0 Å². The van der Waals surface area contributed by atoms with E-state index >= 15 is 0 Å². The number of aromatic hydroxyl groups is 4. The zero-order chi connectivity index (χ0) is 31.2. The lowest BCUT2D eigenvalue weighted by molar-refractivity contribution is 0.445. The molecule has 0 amide bonds. The van der Waals surface area contributed by atoms with Gasteiger partial charge in [-0.1, -0.05) is 79.1 Å². The molecule has 0 unspecified atom stereocenters. The van der Waals surface area contributed by atoms with Crippen LogP contribution in [0.1, 0.15) is 116 Å². The van der Waals surface area contributed by atoms with Gasteiger partial charge in [0.1, 0.15) is 23.0 Å². The van der Waals surface area contributed by atoms with Gasteiger partial charge < -0.3 is 25.3 Å². The Balaban J connectivity index is 2.15. The molecule has 8 heteroatoms. The number of phenolic OH excluding ortho intramolecular Hbond substituents is 4. The summed E-state index contributed by atoms with van der Waals surface area (Å²) in [6.45, 7) is 10.2. The Morgan fingerprint density at radius 1 is 0.488 bits per heavy atom. The molecule has 4 N–H and O–H groups in total. The van der Waals surface area contributed by atoms with Crippen LogP contribution in [0.4, 0.5) is 5.95 Å². The van der Waals surface area contributed by atoms with Crippen LogP contribution in [0.3, 0.4) is 0 Å². The molecule has 0 saturated carbocycles. The van der Waals surface area contributed by atoms with E-state index in [0.29, 0.717) is 29.9 Å². The van der Waals surface area contributed by atoms with Crippen LogP contribution < -0.4 is 4.90 Å². The summed E-state index contributed by atoms with van der Waals surface area (Å²) in [5, 5.41) is 43.2. The van der Waals surface area contributed by atoms with Crippen LogP contribution in [0.15, 0.2) is 24.3 Å². The van der Waals surface area contributed by atoms with E-state index in [9.17, 15) is 20.4 Å². The highest BCUT2D eigenvalue weighted by Crippen LogP contribution is 2.38. The number of aromatic nitrogens is 3. The van der Waals surface area contributed by atoms with Gasteiger partial charge in [-0.3, -0.25) is 0 Å². The number of unbranched alkanes of at least 4 members (excludes halogenated alkanes) is 8. The summed E-state index contributed by atoms with van der Waals surface area (Å²) in [4.78, 5) is 16.6. The Kier molecular flexibility index (Phi) is 13.8. The SMILES string of the molecule is CCCCCCc1cc(-c2nc(-c3cc(CCCCCC)c(O)cc3O)nc(N(CCCC)CCCC)n2)c(O)cc1O. The number of aryl methyl sites for hydroxylation is 2. The van der Waals surface area contributed by atoms with Gasteiger partial charge in [-0.2, -0.15) is 9.97 Å². The number of benzene rings is 2. The van der Waals surface area contributed by atoms with Crippen molar-refractivity contribution in [1.29, 1.82) is 0 Å². The fourth-order valence-corrected chi connectivity index (χ4v) is 5.24. The molecule has 0 spiro atoms. The van der Waals surface area contributed by atoms with E-state index in [1.54, 1.807) is 12.1 Å². The minimum Gasteiger partial charge on any atom is -0.508 e. The summed E-state index contributed by atoms with van der Waals surface area (Å²) in [6, 6.07) is 6.29. The third-order valence-electron chi connectivity index (χ3n) is 7.94. The molecule has 0 fully saturated rings. The Hall–Kier alpha value is -3.55. The van der Waals surface area contributed by atoms with E-state index in [0.717, 1.165) is 101 Å². The minimum absolute atomic E-state index is 0.0589. The van der Waals surface area contributed by atoms with Crippen LogP contribution in [0.2, 0.25) is 0 Å². The summed E-state index contributed by atoms with van der Waals surface area (Å²) in [5.41, 5.74) is 2.31. The zero-order valence-corrected chi connectivity index (χ0v) is 26.7. The average molecular weight is 593 g/mol. The number of hydrogen-bond donors (Lipinski definition) is 4. The number of hydrogen-bond acceptors (Lipinski definition) is 8. The first-order valence-electron chi connectivity index (χ1n) is 16.4. The van der Waals surface area contributed by atoms with Crippen LogP contribution >= 0.6 is 0 Å². The van der Waals surface area contributed by atoms with Gasteiger partial charge in [0.15, 0.2) is 11.6 Å². The first-order valence-corrected chi connectivity index (χ1v) is 16.4. The van der Waals surface area contributed by atoms with Crippen molar-refractivity contribution in [3.63, 3.8) is 0 Å². The normalized spacial score (nSPS) is 11.3. The molecule has 0 radical (unpaired) electrons. The van der Waals surface area contributed by atoms with Crippen LogP contribution in [-0.4, -0.2) is 48.5 Å². The fraction of sp³-hybridized carbons (Fsp3) is 0.571. The molecule has 43 heavy (non-hydrogen) atoms. The van der Waals surface area contributed by atoms with Gasteiger partial charge in [-0.25, -0.2) is 4.98 Å². The molecule has 8 nitrogen and oxygen atoms in total. The van der Waals surface area contributed by atoms with Gasteiger partial charge in [-0.15, -0.1) is 0 Å². The highest BCUT2D eigenvalue weighted by atomic mass is 16.3. The maximum absolute atomic E-state index is 11.0. The van der Waals surface area contributed by atoms with Crippen molar-refractivity contribution < 1.29 is 20.4 Å². The van der Waals surface area contributed by atoms with Gasteiger partial charge in [0.2, 0.25) is 5.95 Å². The monoisotopic (exact) mass is 592 g/mol. The smallest absolute Gasteiger partial charge is 0.229 e. The number of nitrogens with zero attached hydrogens (tertiary/aromatic N) is 4. The van der Waals surface area contributed by atoms with Crippen LogP contribution in [0.5, 0.6) is 23.0 Å². The largest absolute Gasteiger partial charge is 0.508 e. The van der Waals surface area contributed by atoms with Gasteiger partial charge >= 0.3 is 0 Å². The molecular formula is C35H52N4O4. The number of phenols is 4. The van der Waals surface area contributed by atoms with E-state index in [2.05, 4.69) is 32.6 Å². The van der Waals surface area contributed by atoms with Crippen molar-refractivity contribution >= 4 is 5.95 Å². The molecular weight excluding hydrogens is 540 g/mol. The quantitative estimate of drug-likeness (QED) is 0.102. The highest BCUT2D eigenvalue weighted by molar-refractivity contribution is 5.73. The van der Waals surface area contributed by atoms with Crippen LogP contribution in [0.25, 0.3) is 22.8 Å². The standard InChI is InChI=1S/C35H52N4O4/c1-5-9-13-15-17-25-21-27(31(42)23-29(25)40)33-36-34(38-35(37-33)39(19-11-7-3)20-12-8-4)28-22-26(18-16-14-10-6-2)30(41)24-32(28)43/h21-24,40-43H,5-20H2,1-4H3. The third-order valence-corrected chi connectivity index (χ3v) is 7.94. The second-order valence-corrected chi connectivity index (χ2v) is 11.6. The maximum atomic E-state index is 11.0. The van der Waals surface area contributed by atoms with Gasteiger partial charge in [0, 0.05) is 25.2 Å². The maximum Gasteiger partial charge on any atom is 0.229 e. The van der Waals surface area contributed by atoms with E-state index in [4.69, 9.17) is 15.0 Å². The summed E-state index contributed by atoms with van der Waals surface area (Å²) >= 11 is 0. The van der Waals surface area contributed by atoms with Crippen molar-refractivity contribution in [3.8, 4) is 45.8 Å². The number of rotatable bonds is 19. The van der Waals surface area contributed by atoms with Gasteiger partial charge in [0.25, 0.3) is 0 Å². The summed E-state index contributed by atoms with van der Waals surface area (Å²) in [5.74, 6) is 0.934. The lowest BCUT2D eigenvalue weighted by Crippen LogP contribution is -2.28. The van der Waals surface area contributed by atoms with Crippen molar-refractivity contribution in [3.05, 3.63) is 35.4 Å².